The molecule has 2 amide bonds. The molecule has 1 aromatic heterocycles. The first-order valence-electron chi connectivity index (χ1n) is 10.6. The molecule has 2 aromatic carbocycles. The first-order valence-corrected chi connectivity index (χ1v) is 11.0. The number of amides is 2. The largest absolute Gasteiger partial charge is 0.344 e. The molecule has 1 aliphatic carbocycles. The van der Waals surface area contributed by atoms with Crippen LogP contribution in [0.5, 0.6) is 0 Å². The number of benzene rings is 2. The van der Waals surface area contributed by atoms with Gasteiger partial charge in [-0.1, -0.05) is 48.0 Å². The molecular weight excluding hydrogens is 412 g/mol. The molecule has 0 spiro atoms. The molecule has 1 unspecified atom stereocenters. The van der Waals surface area contributed by atoms with Crippen LogP contribution >= 0.6 is 11.6 Å². The molecule has 5 rings (SSSR count). The van der Waals surface area contributed by atoms with Crippen molar-refractivity contribution < 1.29 is 9.59 Å². The predicted octanol–water partition coefficient (Wildman–Crippen LogP) is 4.00. The van der Waals surface area contributed by atoms with Crippen LogP contribution in [0.2, 0.25) is 5.02 Å². The zero-order chi connectivity index (χ0) is 21.4. The van der Waals surface area contributed by atoms with Crippen molar-refractivity contribution >= 4 is 23.4 Å². The highest BCUT2D eigenvalue weighted by atomic mass is 35.5. The smallest absolute Gasteiger partial charge is 0.272 e. The second-order valence-corrected chi connectivity index (χ2v) is 8.55. The summed E-state index contributed by atoms with van der Waals surface area (Å²) in [6, 6.07) is 17.3. The SMILES string of the molecule is O=C(NC1CCCc2ccccc21)c1cc2n(n1)CCN(Cc1cccc(Cl)c1)C2=O. The van der Waals surface area contributed by atoms with Gasteiger partial charge in [0, 0.05) is 24.2 Å². The van der Waals surface area contributed by atoms with Crippen LogP contribution < -0.4 is 5.32 Å². The maximum absolute atomic E-state index is 13.0. The van der Waals surface area contributed by atoms with Crippen LogP contribution in [0.1, 0.15) is 56.6 Å². The minimum Gasteiger partial charge on any atom is -0.344 e. The molecule has 0 fully saturated rings. The number of fused-ring (bicyclic) bond motifs is 2. The Morgan fingerprint density at radius 3 is 2.87 bits per heavy atom. The van der Waals surface area contributed by atoms with E-state index in [1.54, 1.807) is 15.6 Å². The topological polar surface area (TPSA) is 67.2 Å². The molecule has 0 bridgehead atoms. The number of hydrogen-bond acceptors (Lipinski definition) is 3. The fourth-order valence-corrected chi connectivity index (χ4v) is 4.70. The van der Waals surface area contributed by atoms with E-state index in [0.717, 1.165) is 24.8 Å². The van der Waals surface area contributed by atoms with Crippen molar-refractivity contribution in [2.45, 2.75) is 38.4 Å². The van der Waals surface area contributed by atoms with Crippen molar-refractivity contribution in [1.29, 1.82) is 0 Å². The van der Waals surface area contributed by atoms with Gasteiger partial charge in [0.1, 0.15) is 5.69 Å². The van der Waals surface area contributed by atoms with Crippen LogP contribution in [-0.2, 0) is 19.5 Å². The Hall–Kier alpha value is -3.12. The van der Waals surface area contributed by atoms with E-state index in [4.69, 9.17) is 11.6 Å². The fourth-order valence-electron chi connectivity index (χ4n) is 4.49. The highest BCUT2D eigenvalue weighted by Gasteiger charge is 2.29. The average Bonchev–Trinajstić information content (AvgIpc) is 3.22. The third-order valence-electron chi connectivity index (χ3n) is 6.04. The summed E-state index contributed by atoms with van der Waals surface area (Å²) in [7, 11) is 0. The maximum Gasteiger partial charge on any atom is 0.272 e. The van der Waals surface area contributed by atoms with Crippen molar-refractivity contribution in [3.8, 4) is 0 Å². The number of aromatic nitrogens is 2. The molecule has 1 atom stereocenters. The first kappa shape index (κ1) is 19.8. The molecule has 31 heavy (non-hydrogen) atoms. The molecule has 6 nitrogen and oxygen atoms in total. The number of carbonyl (C=O) groups excluding carboxylic acids is 2. The molecule has 0 saturated heterocycles. The highest BCUT2D eigenvalue weighted by molar-refractivity contribution is 6.30. The Labute approximate surface area is 185 Å². The number of nitrogens with zero attached hydrogens (tertiary/aromatic N) is 3. The van der Waals surface area contributed by atoms with Crippen LogP contribution in [0.4, 0.5) is 0 Å². The minimum atomic E-state index is -0.238. The summed E-state index contributed by atoms with van der Waals surface area (Å²) in [6.45, 7) is 1.57. The van der Waals surface area contributed by atoms with E-state index >= 15 is 0 Å². The molecule has 0 saturated carbocycles. The monoisotopic (exact) mass is 434 g/mol. The lowest BCUT2D eigenvalue weighted by Gasteiger charge is -2.27. The zero-order valence-electron chi connectivity index (χ0n) is 17.1. The summed E-state index contributed by atoms with van der Waals surface area (Å²) >= 11 is 6.07. The van der Waals surface area contributed by atoms with Crippen molar-refractivity contribution in [2.24, 2.45) is 0 Å². The summed E-state index contributed by atoms with van der Waals surface area (Å²) in [6.07, 6.45) is 2.99. The van der Waals surface area contributed by atoms with Gasteiger partial charge in [-0.25, -0.2) is 0 Å². The predicted molar refractivity (Wildman–Crippen MR) is 118 cm³/mol. The lowest BCUT2D eigenvalue weighted by Crippen LogP contribution is -2.39. The number of rotatable bonds is 4. The zero-order valence-corrected chi connectivity index (χ0v) is 17.8. The van der Waals surface area contributed by atoms with Crippen LogP contribution in [0.25, 0.3) is 0 Å². The van der Waals surface area contributed by atoms with Gasteiger partial charge in [0.25, 0.3) is 11.8 Å². The number of carbonyl (C=O) groups is 2. The quantitative estimate of drug-likeness (QED) is 0.674. The Morgan fingerprint density at radius 2 is 2.00 bits per heavy atom. The Kier molecular flexibility index (Phi) is 5.24. The van der Waals surface area contributed by atoms with Crippen molar-refractivity contribution in [3.05, 3.63) is 87.7 Å². The third kappa shape index (κ3) is 3.95. The Morgan fingerprint density at radius 1 is 1.13 bits per heavy atom. The van der Waals surface area contributed by atoms with Gasteiger partial charge in [0.15, 0.2) is 5.69 Å². The van der Waals surface area contributed by atoms with E-state index in [1.165, 1.54) is 11.1 Å². The molecule has 7 heteroatoms. The standard InChI is InChI=1S/C24H23ClN4O2/c25-18-8-3-5-16(13-18)15-28-11-12-29-22(24(28)31)14-21(27-29)23(30)26-20-10-4-7-17-6-1-2-9-19(17)20/h1-3,5-6,8-9,13-14,20H,4,7,10-12,15H2,(H,26,30). The number of nitrogens with one attached hydrogen (secondary N) is 1. The number of aryl methyl sites for hydroxylation is 1. The summed E-state index contributed by atoms with van der Waals surface area (Å²) in [5.41, 5.74) is 4.17. The van der Waals surface area contributed by atoms with Crippen LogP contribution in [-0.4, -0.2) is 33.0 Å². The van der Waals surface area contributed by atoms with Gasteiger partial charge in [0.2, 0.25) is 0 Å². The summed E-state index contributed by atoms with van der Waals surface area (Å²) in [5, 5.41) is 8.18. The van der Waals surface area contributed by atoms with Crippen molar-refractivity contribution in [2.75, 3.05) is 6.54 Å². The van der Waals surface area contributed by atoms with E-state index in [9.17, 15) is 9.59 Å². The molecule has 0 radical (unpaired) electrons. The lowest BCUT2D eigenvalue weighted by atomic mass is 9.87. The van der Waals surface area contributed by atoms with E-state index < -0.39 is 0 Å². The summed E-state index contributed by atoms with van der Waals surface area (Å²) < 4.78 is 1.64. The van der Waals surface area contributed by atoms with Gasteiger partial charge in [-0.3, -0.25) is 14.3 Å². The van der Waals surface area contributed by atoms with Gasteiger partial charge in [-0.2, -0.15) is 5.10 Å². The van der Waals surface area contributed by atoms with Crippen molar-refractivity contribution in [3.63, 3.8) is 0 Å². The van der Waals surface area contributed by atoms with Crippen LogP contribution in [0.3, 0.4) is 0 Å². The normalized spacial score (nSPS) is 17.8. The number of halogens is 1. The fraction of sp³-hybridized carbons (Fsp3) is 0.292. The molecule has 2 aliphatic rings. The second kappa shape index (κ2) is 8.19. The van der Waals surface area contributed by atoms with Gasteiger partial charge >= 0.3 is 0 Å². The van der Waals surface area contributed by atoms with Gasteiger partial charge in [0.05, 0.1) is 12.6 Å². The highest BCUT2D eigenvalue weighted by Crippen LogP contribution is 2.29. The van der Waals surface area contributed by atoms with E-state index in [2.05, 4.69) is 22.5 Å². The van der Waals surface area contributed by atoms with Crippen LogP contribution in [0.15, 0.2) is 54.6 Å². The van der Waals surface area contributed by atoms with Crippen LogP contribution in [0, 0.1) is 0 Å². The Bertz CT molecular complexity index is 1160. The molecule has 2 heterocycles. The van der Waals surface area contributed by atoms with Gasteiger partial charge in [-0.05, 0) is 48.1 Å². The van der Waals surface area contributed by atoms with Gasteiger partial charge in [-0.15, -0.1) is 0 Å². The van der Waals surface area contributed by atoms with E-state index in [1.807, 2.05) is 36.4 Å². The van der Waals surface area contributed by atoms with Gasteiger partial charge < -0.3 is 10.2 Å². The average molecular weight is 435 g/mol. The molecule has 3 aromatic rings. The molecule has 1 N–H and O–H groups in total. The van der Waals surface area contributed by atoms with E-state index in [0.29, 0.717) is 30.4 Å². The first-order chi connectivity index (χ1) is 15.1. The number of hydrogen-bond donors (Lipinski definition) is 1. The molecule has 1 aliphatic heterocycles. The van der Waals surface area contributed by atoms with Crippen molar-refractivity contribution in [1.82, 2.24) is 20.0 Å². The summed E-state index contributed by atoms with van der Waals surface area (Å²) in [4.78, 5) is 27.7. The second-order valence-electron chi connectivity index (χ2n) is 8.11. The minimum absolute atomic E-state index is 0.0220. The molecular formula is C24H23ClN4O2. The molecule has 158 valence electrons. The third-order valence-corrected chi connectivity index (χ3v) is 6.27. The lowest BCUT2D eigenvalue weighted by molar-refractivity contribution is 0.0683. The maximum atomic E-state index is 13.0. The summed E-state index contributed by atoms with van der Waals surface area (Å²) in [5.74, 6) is -0.362. The Balaban J connectivity index is 1.31. The van der Waals surface area contributed by atoms with E-state index in [-0.39, 0.29) is 23.6 Å².